The van der Waals surface area contributed by atoms with Crippen molar-refractivity contribution in [1.82, 2.24) is 4.57 Å². The molecule has 44 heavy (non-hydrogen) atoms. The Bertz CT molecular complexity index is 2360. The van der Waals surface area contributed by atoms with E-state index in [0.717, 1.165) is 46.8 Å². The van der Waals surface area contributed by atoms with Gasteiger partial charge in [-0.2, -0.15) is 0 Å². The number of fused-ring (bicyclic) bond motifs is 10. The Morgan fingerprint density at radius 2 is 1.55 bits per heavy atom. The van der Waals surface area contributed by atoms with Gasteiger partial charge in [-0.3, -0.25) is 4.99 Å². The SMILES string of the molecule is C=C1C=CO/C(=C(/N=C(C)CCC)c2ccc(-n3c4ccccc4c4c5c6ccccc6sc5c5ccccc5c43)cc2)C1. The molecule has 0 radical (unpaired) electrons. The van der Waals surface area contributed by atoms with Gasteiger partial charge in [0.15, 0.2) is 0 Å². The van der Waals surface area contributed by atoms with Crippen LogP contribution in [0.4, 0.5) is 0 Å². The number of aromatic nitrogens is 1. The van der Waals surface area contributed by atoms with E-state index in [1.54, 1.807) is 6.26 Å². The molecule has 0 fully saturated rings. The predicted molar refractivity (Wildman–Crippen MR) is 190 cm³/mol. The average molecular weight is 589 g/mol. The van der Waals surface area contributed by atoms with Crippen LogP contribution in [0, 0.1) is 0 Å². The molecular weight excluding hydrogens is 557 g/mol. The molecular formula is C40H32N2OS. The molecule has 0 spiro atoms. The van der Waals surface area contributed by atoms with Crippen molar-refractivity contribution in [2.75, 3.05) is 0 Å². The molecule has 0 bridgehead atoms. The Hall–Kier alpha value is -4.93. The summed E-state index contributed by atoms with van der Waals surface area (Å²) in [4.78, 5) is 5.08. The molecule has 0 unspecified atom stereocenters. The van der Waals surface area contributed by atoms with Crippen LogP contribution in [0.25, 0.3) is 64.1 Å². The highest BCUT2D eigenvalue weighted by molar-refractivity contribution is 7.27. The van der Waals surface area contributed by atoms with Gasteiger partial charge in [0.05, 0.1) is 17.3 Å². The fourth-order valence-corrected chi connectivity index (χ4v) is 7.96. The van der Waals surface area contributed by atoms with Crippen molar-refractivity contribution in [3.05, 3.63) is 133 Å². The molecule has 0 saturated carbocycles. The van der Waals surface area contributed by atoms with Crippen LogP contribution in [0.5, 0.6) is 0 Å². The van der Waals surface area contributed by atoms with Gasteiger partial charge in [-0.15, -0.1) is 11.3 Å². The summed E-state index contributed by atoms with van der Waals surface area (Å²) in [5.74, 6) is 0.843. The van der Waals surface area contributed by atoms with Gasteiger partial charge in [-0.25, -0.2) is 0 Å². The maximum atomic E-state index is 6.01. The van der Waals surface area contributed by atoms with E-state index in [4.69, 9.17) is 9.73 Å². The summed E-state index contributed by atoms with van der Waals surface area (Å²) in [6.07, 6.45) is 6.30. The van der Waals surface area contributed by atoms with E-state index < -0.39 is 0 Å². The second-order valence-electron chi connectivity index (χ2n) is 11.6. The van der Waals surface area contributed by atoms with Crippen molar-refractivity contribution in [3.8, 4) is 5.69 Å². The number of nitrogens with zero attached hydrogens (tertiary/aromatic N) is 2. The van der Waals surface area contributed by atoms with E-state index in [9.17, 15) is 0 Å². The second-order valence-corrected chi connectivity index (χ2v) is 12.6. The monoisotopic (exact) mass is 588 g/mol. The first-order chi connectivity index (χ1) is 21.6. The first kappa shape index (κ1) is 26.7. The Balaban J connectivity index is 1.41. The third-order valence-electron chi connectivity index (χ3n) is 8.63. The van der Waals surface area contributed by atoms with Crippen LogP contribution >= 0.6 is 11.3 Å². The maximum absolute atomic E-state index is 6.01. The minimum atomic E-state index is 0.653. The molecule has 5 aromatic carbocycles. The first-order valence-corrected chi connectivity index (χ1v) is 16.1. The van der Waals surface area contributed by atoms with Crippen LogP contribution in [-0.2, 0) is 4.74 Å². The Morgan fingerprint density at radius 1 is 0.841 bits per heavy atom. The van der Waals surface area contributed by atoms with Gasteiger partial charge in [-0.05, 0) is 49.3 Å². The van der Waals surface area contributed by atoms with Crippen molar-refractivity contribution in [2.24, 2.45) is 4.99 Å². The highest BCUT2D eigenvalue weighted by Crippen LogP contribution is 2.47. The number of benzene rings is 5. The van der Waals surface area contributed by atoms with Gasteiger partial charge in [0.25, 0.3) is 0 Å². The number of allylic oxidation sites excluding steroid dienone is 2. The molecule has 0 aliphatic carbocycles. The zero-order valence-electron chi connectivity index (χ0n) is 24.9. The molecule has 8 rings (SSSR count). The number of thiophene rings is 1. The third kappa shape index (κ3) is 4.21. The van der Waals surface area contributed by atoms with Gasteiger partial charge in [0.1, 0.15) is 11.5 Å². The van der Waals surface area contributed by atoms with Crippen molar-refractivity contribution < 1.29 is 4.74 Å². The van der Waals surface area contributed by atoms with E-state index in [-0.39, 0.29) is 0 Å². The summed E-state index contributed by atoms with van der Waals surface area (Å²) in [5.41, 5.74) is 7.62. The molecule has 3 heterocycles. The standard InChI is InChI=1S/C40H32N2OS/c1-4-11-26(3)41-38(34-24-25(2)22-23-43-34)27-18-20-28(21-19-27)42-33-16-9-7-14-31(33)36-37-32-15-8-10-17-35(32)44-40(37)30-13-6-5-12-29(30)39(36)42/h5-10,12-23H,2,4,11,24H2,1,3H3/b38-34+,41-26?. The van der Waals surface area contributed by atoms with Crippen LogP contribution in [0.2, 0.25) is 0 Å². The van der Waals surface area contributed by atoms with Crippen molar-refractivity contribution in [3.63, 3.8) is 0 Å². The van der Waals surface area contributed by atoms with Crippen LogP contribution in [0.15, 0.2) is 132 Å². The minimum Gasteiger partial charge on any atom is -0.467 e. The lowest BCUT2D eigenvalue weighted by atomic mass is 10.00. The molecule has 2 aromatic heterocycles. The lowest BCUT2D eigenvalue weighted by Gasteiger charge is -2.17. The smallest absolute Gasteiger partial charge is 0.134 e. The molecule has 3 nitrogen and oxygen atoms in total. The number of aliphatic imine (C=N–C) groups is 1. The summed E-state index contributed by atoms with van der Waals surface area (Å²) >= 11 is 1.90. The van der Waals surface area contributed by atoms with Crippen LogP contribution in [-0.4, -0.2) is 10.3 Å². The summed E-state index contributed by atoms with van der Waals surface area (Å²) in [6.45, 7) is 8.46. The first-order valence-electron chi connectivity index (χ1n) is 15.3. The molecule has 7 aromatic rings. The largest absolute Gasteiger partial charge is 0.467 e. The third-order valence-corrected chi connectivity index (χ3v) is 9.83. The summed E-state index contributed by atoms with van der Waals surface area (Å²) in [7, 11) is 0. The molecule has 4 heteroatoms. The zero-order chi connectivity index (χ0) is 29.8. The Morgan fingerprint density at radius 3 is 2.32 bits per heavy atom. The van der Waals surface area contributed by atoms with E-state index in [0.29, 0.717) is 6.42 Å². The van der Waals surface area contributed by atoms with Crippen molar-refractivity contribution in [2.45, 2.75) is 33.1 Å². The van der Waals surface area contributed by atoms with E-state index in [2.05, 4.69) is 122 Å². The lowest BCUT2D eigenvalue weighted by Crippen LogP contribution is -2.01. The molecule has 1 aliphatic heterocycles. The van der Waals surface area contributed by atoms with Crippen molar-refractivity contribution in [1.29, 1.82) is 0 Å². The van der Waals surface area contributed by atoms with Crippen LogP contribution in [0.3, 0.4) is 0 Å². The van der Waals surface area contributed by atoms with E-state index in [1.807, 2.05) is 17.4 Å². The Kier molecular flexibility index (Phi) is 6.46. The maximum Gasteiger partial charge on any atom is 0.134 e. The van der Waals surface area contributed by atoms with Crippen LogP contribution in [0.1, 0.15) is 38.7 Å². The lowest BCUT2D eigenvalue weighted by molar-refractivity contribution is 0.334. The number of hydrogen-bond acceptors (Lipinski definition) is 3. The van der Waals surface area contributed by atoms with E-state index in [1.165, 1.54) is 52.8 Å². The predicted octanol–water partition coefficient (Wildman–Crippen LogP) is 11.7. The Labute approximate surface area is 260 Å². The molecule has 0 N–H and O–H groups in total. The molecule has 214 valence electrons. The van der Waals surface area contributed by atoms with Gasteiger partial charge >= 0.3 is 0 Å². The zero-order valence-corrected chi connectivity index (χ0v) is 25.7. The quantitative estimate of drug-likeness (QED) is 0.184. The van der Waals surface area contributed by atoms with Gasteiger partial charge in [-0.1, -0.05) is 92.7 Å². The fourth-order valence-electron chi connectivity index (χ4n) is 6.71. The molecule has 0 saturated heterocycles. The van der Waals surface area contributed by atoms with Gasteiger partial charge in [0, 0.05) is 65.1 Å². The topological polar surface area (TPSA) is 26.5 Å². The highest BCUT2D eigenvalue weighted by atomic mass is 32.1. The second kappa shape index (κ2) is 10.7. The van der Waals surface area contributed by atoms with Gasteiger partial charge < -0.3 is 9.30 Å². The number of ether oxygens (including phenoxy) is 1. The number of rotatable bonds is 5. The van der Waals surface area contributed by atoms with Gasteiger partial charge in [0.2, 0.25) is 0 Å². The summed E-state index contributed by atoms with van der Waals surface area (Å²) in [6, 6.07) is 35.4. The van der Waals surface area contributed by atoms with Crippen molar-refractivity contribution >= 4 is 75.5 Å². The molecule has 0 atom stereocenters. The fraction of sp³-hybridized carbons (Fsp3) is 0.125. The number of para-hydroxylation sites is 1. The molecule has 1 aliphatic rings. The van der Waals surface area contributed by atoms with E-state index >= 15 is 0 Å². The highest BCUT2D eigenvalue weighted by Gasteiger charge is 2.22. The minimum absolute atomic E-state index is 0.653. The number of hydrogen-bond donors (Lipinski definition) is 0. The normalized spacial score (nSPS) is 15.2. The average Bonchev–Trinajstić information content (AvgIpc) is 3.61. The van der Waals surface area contributed by atoms with Crippen LogP contribution < -0.4 is 0 Å². The summed E-state index contributed by atoms with van der Waals surface area (Å²) < 4.78 is 11.1. The summed E-state index contributed by atoms with van der Waals surface area (Å²) in [5, 5.41) is 7.83. The molecule has 0 amide bonds.